The highest BCUT2D eigenvalue weighted by Gasteiger charge is 2.40. The Kier molecular flexibility index (Phi) is 3.83. The summed E-state index contributed by atoms with van der Waals surface area (Å²) in [5, 5.41) is 0. The van der Waals surface area contributed by atoms with Crippen molar-refractivity contribution in [3.05, 3.63) is 0 Å². The number of hydrogen-bond acceptors (Lipinski definition) is 2. The van der Waals surface area contributed by atoms with E-state index in [0.717, 1.165) is 0 Å². The number of ether oxygens (including phenoxy) is 1. The van der Waals surface area contributed by atoms with Gasteiger partial charge in [0, 0.05) is 11.3 Å². The van der Waals surface area contributed by atoms with Gasteiger partial charge < -0.3 is 4.74 Å². The van der Waals surface area contributed by atoms with Gasteiger partial charge in [-0.2, -0.15) is 0 Å². The van der Waals surface area contributed by atoms with Crippen molar-refractivity contribution < 1.29 is 9.53 Å². The van der Waals surface area contributed by atoms with Gasteiger partial charge >= 0.3 is 0 Å². The van der Waals surface area contributed by atoms with E-state index in [2.05, 4.69) is 0 Å². The largest absolute Gasteiger partial charge is 0.375 e. The molecule has 1 atom stereocenters. The SMILES string of the molecule is CC(C)(C)OCC(C(=O)C(C)(C)C)C1CC1. The summed E-state index contributed by atoms with van der Waals surface area (Å²) in [5.74, 6) is 1.05. The Labute approximate surface area is 99.8 Å². The maximum absolute atomic E-state index is 12.3. The highest BCUT2D eigenvalue weighted by Crippen LogP contribution is 2.40. The Morgan fingerprint density at radius 3 is 2.00 bits per heavy atom. The molecule has 1 fully saturated rings. The molecule has 0 aliphatic heterocycles. The van der Waals surface area contributed by atoms with Crippen LogP contribution in [0.3, 0.4) is 0 Å². The van der Waals surface area contributed by atoms with E-state index in [9.17, 15) is 4.79 Å². The standard InChI is InChI=1S/C14H26O2/c1-13(2,3)12(15)11(10-7-8-10)9-16-14(4,5)6/h10-11H,7-9H2,1-6H3. The van der Waals surface area contributed by atoms with E-state index in [1.807, 2.05) is 41.5 Å². The summed E-state index contributed by atoms with van der Waals surface area (Å²) < 4.78 is 5.79. The zero-order valence-electron chi connectivity index (χ0n) is 11.6. The van der Waals surface area contributed by atoms with Gasteiger partial charge in [-0.25, -0.2) is 0 Å². The molecule has 1 aliphatic rings. The molecule has 0 aromatic carbocycles. The summed E-state index contributed by atoms with van der Waals surface area (Å²) in [6.07, 6.45) is 2.39. The number of ketones is 1. The van der Waals surface area contributed by atoms with Crippen LogP contribution in [0.2, 0.25) is 0 Å². The third kappa shape index (κ3) is 4.25. The van der Waals surface area contributed by atoms with Gasteiger partial charge in [-0.15, -0.1) is 0 Å². The van der Waals surface area contributed by atoms with E-state index in [1.54, 1.807) is 0 Å². The third-order valence-electron chi connectivity index (χ3n) is 2.96. The summed E-state index contributed by atoms with van der Waals surface area (Å²) >= 11 is 0. The monoisotopic (exact) mass is 226 g/mol. The summed E-state index contributed by atoms with van der Waals surface area (Å²) in [7, 11) is 0. The molecule has 94 valence electrons. The van der Waals surface area contributed by atoms with Crippen molar-refractivity contribution in [2.75, 3.05) is 6.61 Å². The highest BCUT2D eigenvalue weighted by molar-refractivity contribution is 5.86. The zero-order valence-corrected chi connectivity index (χ0v) is 11.6. The fraction of sp³-hybridized carbons (Fsp3) is 0.929. The second-order valence-corrected chi connectivity index (χ2v) is 6.98. The van der Waals surface area contributed by atoms with E-state index in [0.29, 0.717) is 18.3 Å². The van der Waals surface area contributed by atoms with Gasteiger partial charge in [-0.3, -0.25) is 4.79 Å². The molecule has 0 radical (unpaired) electrons. The van der Waals surface area contributed by atoms with Crippen molar-refractivity contribution in [1.29, 1.82) is 0 Å². The Hall–Kier alpha value is -0.370. The van der Waals surface area contributed by atoms with Crippen LogP contribution in [0.4, 0.5) is 0 Å². The molecule has 1 saturated carbocycles. The lowest BCUT2D eigenvalue weighted by Crippen LogP contribution is -2.35. The molecule has 0 saturated heterocycles. The first-order chi connectivity index (χ1) is 7.11. The van der Waals surface area contributed by atoms with Crippen LogP contribution in [0.25, 0.3) is 0 Å². The van der Waals surface area contributed by atoms with Crippen LogP contribution in [-0.2, 0) is 9.53 Å². The molecule has 0 amide bonds. The minimum atomic E-state index is -0.242. The van der Waals surface area contributed by atoms with Gasteiger partial charge in [0.05, 0.1) is 12.2 Å². The zero-order chi connectivity index (χ0) is 12.6. The van der Waals surface area contributed by atoms with Crippen LogP contribution >= 0.6 is 0 Å². The number of carbonyl (C=O) groups is 1. The lowest BCUT2D eigenvalue weighted by atomic mass is 9.81. The molecule has 1 unspecified atom stereocenters. The average Bonchev–Trinajstić information content (AvgIpc) is 2.84. The first-order valence-corrected chi connectivity index (χ1v) is 6.29. The van der Waals surface area contributed by atoms with Crippen LogP contribution < -0.4 is 0 Å². The minimum absolute atomic E-state index is 0.110. The molecule has 0 N–H and O–H groups in total. The van der Waals surface area contributed by atoms with E-state index in [4.69, 9.17) is 4.74 Å². The van der Waals surface area contributed by atoms with Gasteiger partial charge in [0.25, 0.3) is 0 Å². The normalized spacial score (nSPS) is 19.6. The predicted octanol–water partition coefficient (Wildman–Crippen LogP) is 3.44. The predicted molar refractivity (Wildman–Crippen MR) is 66.4 cm³/mol. The van der Waals surface area contributed by atoms with E-state index in [-0.39, 0.29) is 16.9 Å². The lowest BCUT2D eigenvalue weighted by Gasteiger charge is -2.28. The molecule has 0 heterocycles. The van der Waals surface area contributed by atoms with Crippen molar-refractivity contribution in [2.24, 2.45) is 17.3 Å². The topological polar surface area (TPSA) is 26.3 Å². The van der Waals surface area contributed by atoms with Crippen molar-refractivity contribution >= 4 is 5.78 Å². The van der Waals surface area contributed by atoms with Crippen molar-refractivity contribution in [1.82, 2.24) is 0 Å². The van der Waals surface area contributed by atoms with Crippen LogP contribution in [0.1, 0.15) is 54.4 Å². The molecule has 0 spiro atoms. The summed E-state index contributed by atoms with van der Waals surface area (Å²) in [4.78, 5) is 12.3. The van der Waals surface area contributed by atoms with E-state index in [1.165, 1.54) is 12.8 Å². The number of hydrogen-bond donors (Lipinski definition) is 0. The number of carbonyl (C=O) groups excluding carboxylic acids is 1. The Balaban J connectivity index is 2.58. The smallest absolute Gasteiger partial charge is 0.143 e. The van der Waals surface area contributed by atoms with Gasteiger partial charge in [0.1, 0.15) is 5.78 Å². The summed E-state index contributed by atoms with van der Waals surface area (Å²) in [6, 6.07) is 0. The van der Waals surface area contributed by atoms with Gasteiger partial charge in [-0.1, -0.05) is 20.8 Å². The summed E-state index contributed by atoms with van der Waals surface area (Å²) in [5.41, 5.74) is -0.389. The summed E-state index contributed by atoms with van der Waals surface area (Å²) in [6.45, 7) is 12.7. The average molecular weight is 226 g/mol. The third-order valence-corrected chi connectivity index (χ3v) is 2.96. The molecule has 16 heavy (non-hydrogen) atoms. The second kappa shape index (κ2) is 4.48. The molecule has 1 rings (SSSR count). The second-order valence-electron chi connectivity index (χ2n) is 6.98. The van der Waals surface area contributed by atoms with Crippen molar-refractivity contribution in [3.63, 3.8) is 0 Å². The van der Waals surface area contributed by atoms with Crippen LogP contribution in [0.5, 0.6) is 0 Å². The Bertz CT molecular complexity index is 251. The lowest BCUT2D eigenvalue weighted by molar-refractivity contribution is -0.135. The van der Waals surface area contributed by atoms with Gasteiger partial charge in [0.15, 0.2) is 0 Å². The van der Waals surface area contributed by atoms with E-state index < -0.39 is 0 Å². The van der Waals surface area contributed by atoms with Crippen molar-refractivity contribution in [2.45, 2.75) is 60.0 Å². The van der Waals surface area contributed by atoms with Crippen LogP contribution in [0, 0.1) is 17.3 Å². The van der Waals surface area contributed by atoms with Gasteiger partial charge in [-0.05, 0) is 39.5 Å². The van der Waals surface area contributed by atoms with Crippen LogP contribution in [-0.4, -0.2) is 18.0 Å². The van der Waals surface area contributed by atoms with Crippen LogP contribution in [0.15, 0.2) is 0 Å². The quantitative estimate of drug-likeness (QED) is 0.734. The minimum Gasteiger partial charge on any atom is -0.375 e. The first kappa shape index (κ1) is 13.7. The molecule has 2 heteroatoms. The molecule has 0 aromatic rings. The Morgan fingerprint density at radius 1 is 1.19 bits per heavy atom. The number of Topliss-reactive ketones (excluding diaryl/α,β-unsaturated/α-hetero) is 1. The maximum atomic E-state index is 12.3. The van der Waals surface area contributed by atoms with Crippen molar-refractivity contribution in [3.8, 4) is 0 Å². The molecule has 2 nitrogen and oxygen atoms in total. The molecule has 0 aromatic heterocycles. The van der Waals surface area contributed by atoms with E-state index >= 15 is 0 Å². The fourth-order valence-electron chi connectivity index (χ4n) is 1.82. The maximum Gasteiger partial charge on any atom is 0.143 e. The first-order valence-electron chi connectivity index (χ1n) is 6.29. The molecule has 0 bridgehead atoms. The highest BCUT2D eigenvalue weighted by atomic mass is 16.5. The molecule has 1 aliphatic carbocycles. The molecular weight excluding hydrogens is 200 g/mol. The fourth-order valence-corrected chi connectivity index (χ4v) is 1.82. The number of rotatable bonds is 4. The van der Waals surface area contributed by atoms with Gasteiger partial charge in [0.2, 0.25) is 0 Å². The Morgan fingerprint density at radius 2 is 1.69 bits per heavy atom. The molecular formula is C14H26O2.